The molecule has 4 heterocycles. The number of nitrogens with one attached hydrogen (secondary N) is 2. The van der Waals surface area contributed by atoms with E-state index in [1.807, 2.05) is 16.8 Å². The fourth-order valence-electron chi connectivity index (χ4n) is 4.97. The van der Waals surface area contributed by atoms with Crippen LogP contribution in [0.15, 0.2) is 30.6 Å². The smallest absolute Gasteiger partial charge is 0.236 e. The second kappa shape index (κ2) is 10.2. The first-order chi connectivity index (χ1) is 18.8. The zero-order valence-corrected chi connectivity index (χ0v) is 25.9. The topological polar surface area (TPSA) is 110 Å². The van der Waals surface area contributed by atoms with E-state index in [0.717, 1.165) is 47.7 Å². The summed E-state index contributed by atoms with van der Waals surface area (Å²) in [6, 6.07) is 8.31. The predicted octanol–water partition coefficient (Wildman–Crippen LogP) is 6.47. The van der Waals surface area contributed by atoms with Gasteiger partial charge in [0.15, 0.2) is 8.32 Å². The van der Waals surface area contributed by atoms with Crippen LogP contribution < -0.4 is 15.4 Å². The lowest BCUT2D eigenvalue weighted by Gasteiger charge is -2.39. The number of nitrogens with zero attached hydrogens (tertiary/aromatic N) is 5. The van der Waals surface area contributed by atoms with Gasteiger partial charge in [-0.2, -0.15) is 10.4 Å². The van der Waals surface area contributed by atoms with Gasteiger partial charge in [-0.25, -0.2) is 14.6 Å². The maximum absolute atomic E-state index is 10.0. The SMILES string of the molecule is CC(C)C1CCn2ncc(Nc3nccc(-c4cc(C#N)c5c(c4)[C@@](C)(CO[Si](C)(C)C(C)(C)C)CN5)n3)c2O1. The summed E-state index contributed by atoms with van der Waals surface area (Å²) in [5.41, 5.74) is 4.68. The molecule has 0 saturated carbocycles. The molecule has 212 valence electrons. The highest BCUT2D eigenvalue weighted by Gasteiger charge is 2.42. The van der Waals surface area contributed by atoms with E-state index in [1.54, 1.807) is 12.4 Å². The molecule has 2 aromatic heterocycles. The molecule has 40 heavy (non-hydrogen) atoms. The molecule has 9 nitrogen and oxygen atoms in total. The van der Waals surface area contributed by atoms with Crippen molar-refractivity contribution in [2.24, 2.45) is 5.92 Å². The van der Waals surface area contributed by atoms with Crippen molar-refractivity contribution in [2.75, 3.05) is 23.8 Å². The number of hydrogen-bond donors (Lipinski definition) is 2. The number of anilines is 3. The molecule has 5 rings (SSSR count). The van der Waals surface area contributed by atoms with Gasteiger partial charge < -0.3 is 19.8 Å². The minimum atomic E-state index is -1.94. The lowest BCUT2D eigenvalue weighted by atomic mass is 9.83. The second-order valence-electron chi connectivity index (χ2n) is 13.2. The first-order valence-corrected chi connectivity index (χ1v) is 17.0. The van der Waals surface area contributed by atoms with Crippen molar-refractivity contribution in [3.63, 3.8) is 0 Å². The van der Waals surface area contributed by atoms with Gasteiger partial charge in [0.05, 0.1) is 23.1 Å². The normalized spacial score (nSPS) is 20.4. The van der Waals surface area contributed by atoms with Crippen molar-refractivity contribution in [3.8, 4) is 23.2 Å². The van der Waals surface area contributed by atoms with Crippen LogP contribution in [0.5, 0.6) is 5.88 Å². The van der Waals surface area contributed by atoms with Gasteiger partial charge in [0.25, 0.3) is 0 Å². The van der Waals surface area contributed by atoms with Crippen molar-refractivity contribution in [1.29, 1.82) is 5.26 Å². The molecule has 0 saturated heterocycles. The highest BCUT2D eigenvalue weighted by molar-refractivity contribution is 6.74. The molecule has 2 atom stereocenters. The molecule has 0 aliphatic carbocycles. The number of nitriles is 1. The van der Waals surface area contributed by atoms with Gasteiger partial charge in [0, 0.05) is 43.3 Å². The number of rotatable bonds is 7. The Labute approximate surface area is 238 Å². The van der Waals surface area contributed by atoms with Crippen LogP contribution in [-0.2, 0) is 16.4 Å². The zero-order valence-electron chi connectivity index (χ0n) is 24.9. The van der Waals surface area contributed by atoms with Gasteiger partial charge in [-0.05, 0) is 47.8 Å². The molecule has 2 N–H and O–H groups in total. The Morgan fingerprint density at radius 2 is 2.10 bits per heavy atom. The molecule has 1 unspecified atom stereocenters. The molecule has 0 fully saturated rings. The third-order valence-corrected chi connectivity index (χ3v) is 13.2. The Morgan fingerprint density at radius 3 is 2.80 bits per heavy atom. The number of aromatic nitrogens is 4. The maximum Gasteiger partial charge on any atom is 0.236 e. The quantitative estimate of drug-likeness (QED) is 0.317. The molecular weight excluding hydrogens is 518 g/mol. The predicted molar refractivity (Wildman–Crippen MR) is 161 cm³/mol. The van der Waals surface area contributed by atoms with Crippen LogP contribution in [0.3, 0.4) is 0 Å². The van der Waals surface area contributed by atoms with Gasteiger partial charge in [0.1, 0.15) is 17.9 Å². The highest BCUT2D eigenvalue weighted by atomic mass is 28.4. The van der Waals surface area contributed by atoms with E-state index in [1.165, 1.54) is 0 Å². The Kier molecular flexibility index (Phi) is 7.17. The van der Waals surface area contributed by atoms with Crippen molar-refractivity contribution in [1.82, 2.24) is 19.7 Å². The molecule has 0 amide bonds. The molecule has 2 aliphatic rings. The maximum atomic E-state index is 10.0. The Balaban J connectivity index is 1.43. The van der Waals surface area contributed by atoms with E-state index in [9.17, 15) is 5.26 Å². The number of aryl methyl sites for hydroxylation is 1. The largest absolute Gasteiger partial charge is 0.473 e. The van der Waals surface area contributed by atoms with Gasteiger partial charge in [-0.1, -0.05) is 41.5 Å². The van der Waals surface area contributed by atoms with E-state index >= 15 is 0 Å². The standard InChI is InChI=1S/C30H41N7O2Si/c1-19(2)25-10-12-37-27(39-25)24(16-34-37)36-28-32-11-9-23(35-28)20-13-21(15-31)26-22(14-20)30(6,17-33-26)18-38-40(7,8)29(3,4)5/h9,11,13-14,16,19,25,33H,10,12,17-18H2,1-8H3,(H,32,35,36)/t25?,30-/m1/s1. The summed E-state index contributed by atoms with van der Waals surface area (Å²) in [5, 5.41) is 21.4. The van der Waals surface area contributed by atoms with E-state index in [2.05, 4.69) is 87.5 Å². The van der Waals surface area contributed by atoms with Crippen molar-refractivity contribution >= 4 is 25.6 Å². The summed E-state index contributed by atoms with van der Waals surface area (Å²) in [5.74, 6) is 1.58. The zero-order chi connectivity index (χ0) is 28.9. The third-order valence-electron chi connectivity index (χ3n) is 8.74. The van der Waals surface area contributed by atoms with Crippen LogP contribution in [0, 0.1) is 17.2 Å². The van der Waals surface area contributed by atoms with Crippen LogP contribution >= 0.6 is 0 Å². The van der Waals surface area contributed by atoms with Gasteiger partial charge in [-0.3, -0.25) is 0 Å². The molecule has 0 bridgehead atoms. The van der Waals surface area contributed by atoms with E-state index in [4.69, 9.17) is 14.1 Å². The average Bonchev–Trinajstić information content (AvgIpc) is 3.47. The summed E-state index contributed by atoms with van der Waals surface area (Å²) in [6.07, 6.45) is 4.58. The molecule has 2 aliphatic heterocycles. The van der Waals surface area contributed by atoms with Crippen LogP contribution in [0.2, 0.25) is 18.1 Å². The fourth-order valence-corrected chi connectivity index (χ4v) is 6.09. The molecule has 0 radical (unpaired) electrons. The minimum Gasteiger partial charge on any atom is -0.473 e. The molecule has 3 aromatic rings. The Hall–Kier alpha value is -3.42. The summed E-state index contributed by atoms with van der Waals surface area (Å²) in [6.45, 7) is 20.0. The number of fused-ring (bicyclic) bond motifs is 2. The third kappa shape index (κ3) is 5.20. The number of ether oxygens (including phenoxy) is 1. The highest BCUT2D eigenvalue weighted by Crippen LogP contribution is 2.44. The summed E-state index contributed by atoms with van der Waals surface area (Å²) >= 11 is 0. The Morgan fingerprint density at radius 1 is 1.32 bits per heavy atom. The van der Waals surface area contributed by atoms with E-state index in [-0.39, 0.29) is 16.6 Å². The fraction of sp³-hybridized carbons (Fsp3) is 0.533. The number of benzene rings is 1. The summed E-state index contributed by atoms with van der Waals surface area (Å²) in [4.78, 5) is 9.28. The molecule has 1 aromatic carbocycles. The van der Waals surface area contributed by atoms with Crippen molar-refractivity contribution in [3.05, 3.63) is 41.7 Å². The lowest BCUT2D eigenvalue weighted by Crippen LogP contribution is -2.45. The van der Waals surface area contributed by atoms with Crippen LogP contribution in [0.1, 0.15) is 59.1 Å². The van der Waals surface area contributed by atoms with Crippen molar-refractivity contribution in [2.45, 2.75) is 84.2 Å². The monoisotopic (exact) mass is 559 g/mol. The van der Waals surface area contributed by atoms with Crippen LogP contribution in [0.25, 0.3) is 11.3 Å². The van der Waals surface area contributed by atoms with Gasteiger partial charge in [0.2, 0.25) is 11.8 Å². The average molecular weight is 560 g/mol. The summed E-state index contributed by atoms with van der Waals surface area (Å²) < 4.78 is 14.8. The van der Waals surface area contributed by atoms with Gasteiger partial charge in [-0.15, -0.1) is 0 Å². The summed E-state index contributed by atoms with van der Waals surface area (Å²) in [7, 11) is -1.94. The van der Waals surface area contributed by atoms with E-state index in [0.29, 0.717) is 29.9 Å². The molecule has 10 heteroatoms. The Bertz CT molecular complexity index is 1450. The van der Waals surface area contributed by atoms with Crippen LogP contribution in [-0.4, -0.2) is 47.3 Å². The minimum absolute atomic E-state index is 0.123. The van der Waals surface area contributed by atoms with Crippen LogP contribution in [0.4, 0.5) is 17.3 Å². The van der Waals surface area contributed by atoms with Crippen molar-refractivity contribution < 1.29 is 9.16 Å². The second-order valence-corrected chi connectivity index (χ2v) is 18.0. The first kappa shape index (κ1) is 28.1. The molecular formula is C30H41N7O2Si. The van der Waals surface area contributed by atoms with Gasteiger partial charge >= 0.3 is 0 Å². The number of hydrogen-bond acceptors (Lipinski definition) is 8. The molecule has 0 spiro atoms. The lowest BCUT2D eigenvalue weighted by molar-refractivity contribution is 0.0948. The first-order valence-electron chi connectivity index (χ1n) is 14.1. The van der Waals surface area contributed by atoms with E-state index < -0.39 is 8.32 Å².